The average Bonchev–Trinajstić information content (AvgIpc) is 2.62. The Morgan fingerprint density at radius 2 is 2.25 bits per heavy atom. The number of aromatic nitrogens is 2. The largest absolute Gasteiger partial charge is 0.484 e. The summed E-state index contributed by atoms with van der Waals surface area (Å²) in [5.74, 6) is 1.39. The van der Waals surface area contributed by atoms with Gasteiger partial charge in [0.1, 0.15) is 23.1 Å². The van der Waals surface area contributed by atoms with Crippen molar-refractivity contribution in [2.45, 2.75) is 26.3 Å². The molecule has 1 aliphatic rings. The second kappa shape index (κ2) is 7.40. The molecule has 1 aromatic heterocycles. The van der Waals surface area contributed by atoms with Gasteiger partial charge in [0.25, 0.3) is 0 Å². The number of hydrogen-bond acceptors (Lipinski definition) is 6. The number of fused-ring (bicyclic) bond motifs is 1. The van der Waals surface area contributed by atoms with Gasteiger partial charge in [0.15, 0.2) is 0 Å². The zero-order valence-corrected chi connectivity index (χ0v) is 15.4. The fourth-order valence-corrected chi connectivity index (χ4v) is 3.01. The monoisotopic (exact) mass is 362 g/mol. The van der Waals surface area contributed by atoms with Gasteiger partial charge in [0.05, 0.1) is 23.0 Å². The third-order valence-corrected chi connectivity index (χ3v) is 4.81. The fraction of sp³-hybridized carbons (Fsp3) is 0.353. The topological polar surface area (TPSA) is 59.4 Å². The van der Waals surface area contributed by atoms with Crippen molar-refractivity contribution >= 4 is 40.0 Å². The predicted molar refractivity (Wildman–Crippen MR) is 101 cm³/mol. The highest BCUT2D eigenvalue weighted by Crippen LogP contribution is 2.35. The number of anilines is 1. The molecule has 2 aromatic rings. The first-order valence-electron chi connectivity index (χ1n) is 7.77. The van der Waals surface area contributed by atoms with Gasteiger partial charge in [-0.3, -0.25) is 0 Å². The zero-order chi connectivity index (χ0) is 17.1. The molecule has 1 unspecified atom stereocenters. The molecule has 0 aliphatic carbocycles. The highest BCUT2D eigenvalue weighted by molar-refractivity contribution is 8.13. The Morgan fingerprint density at radius 3 is 3.00 bits per heavy atom. The molecule has 126 valence electrons. The van der Waals surface area contributed by atoms with Crippen molar-refractivity contribution in [3.63, 3.8) is 0 Å². The molecule has 1 aliphatic heterocycles. The van der Waals surface area contributed by atoms with Crippen molar-refractivity contribution in [3.05, 3.63) is 40.7 Å². The van der Waals surface area contributed by atoms with Crippen LogP contribution in [0.1, 0.15) is 31.1 Å². The lowest BCUT2D eigenvalue weighted by molar-refractivity contribution is 0.375. The second-order valence-corrected chi connectivity index (χ2v) is 6.72. The number of thioether (sulfide) groups is 1. The SMILES string of the molecule is CCc1nc(NC(C)c2ccc3c(c2)N=C(SC)CO3)ncc1Cl. The van der Waals surface area contributed by atoms with Crippen LogP contribution in [0.4, 0.5) is 11.6 Å². The molecule has 0 bridgehead atoms. The Hall–Kier alpha value is -1.79. The predicted octanol–water partition coefficient (Wildman–Crippen LogP) is 4.65. The molecule has 0 fully saturated rings. The first-order chi connectivity index (χ1) is 11.6. The molecule has 7 heteroatoms. The van der Waals surface area contributed by atoms with Crippen LogP contribution in [0.25, 0.3) is 0 Å². The summed E-state index contributed by atoms with van der Waals surface area (Å²) < 4.78 is 5.71. The van der Waals surface area contributed by atoms with Crippen LogP contribution < -0.4 is 10.1 Å². The van der Waals surface area contributed by atoms with Crippen LogP contribution >= 0.6 is 23.4 Å². The Bertz CT molecular complexity index is 781. The van der Waals surface area contributed by atoms with E-state index in [-0.39, 0.29) is 6.04 Å². The van der Waals surface area contributed by atoms with Crippen LogP contribution in [-0.2, 0) is 6.42 Å². The van der Waals surface area contributed by atoms with Crippen LogP contribution in [0.15, 0.2) is 29.4 Å². The van der Waals surface area contributed by atoms with E-state index in [0.717, 1.165) is 34.2 Å². The Morgan fingerprint density at radius 1 is 1.42 bits per heavy atom. The number of benzene rings is 1. The van der Waals surface area contributed by atoms with E-state index in [2.05, 4.69) is 27.2 Å². The first kappa shape index (κ1) is 17.0. The molecule has 1 aromatic carbocycles. The Kier molecular flexibility index (Phi) is 5.26. The third kappa shape index (κ3) is 3.65. The molecule has 5 nitrogen and oxygen atoms in total. The summed E-state index contributed by atoms with van der Waals surface area (Å²) in [5, 5.41) is 4.89. The molecule has 24 heavy (non-hydrogen) atoms. The molecule has 0 amide bonds. The van der Waals surface area contributed by atoms with Crippen LogP contribution in [0.3, 0.4) is 0 Å². The van der Waals surface area contributed by atoms with E-state index in [4.69, 9.17) is 16.3 Å². The van der Waals surface area contributed by atoms with Gasteiger partial charge in [-0.15, -0.1) is 11.8 Å². The molecule has 2 heterocycles. The first-order valence-corrected chi connectivity index (χ1v) is 9.37. The van der Waals surface area contributed by atoms with E-state index in [1.807, 2.05) is 31.4 Å². The molecule has 0 spiro atoms. The lowest BCUT2D eigenvalue weighted by atomic mass is 10.1. The van der Waals surface area contributed by atoms with E-state index in [1.54, 1.807) is 18.0 Å². The minimum absolute atomic E-state index is 0.0380. The van der Waals surface area contributed by atoms with Crippen LogP contribution in [-0.4, -0.2) is 27.9 Å². The van der Waals surface area contributed by atoms with Crippen molar-refractivity contribution in [3.8, 4) is 5.75 Å². The zero-order valence-electron chi connectivity index (χ0n) is 13.8. The Balaban J connectivity index is 1.81. The van der Waals surface area contributed by atoms with E-state index in [1.165, 1.54) is 0 Å². The van der Waals surface area contributed by atoms with Crippen molar-refractivity contribution in [2.75, 3.05) is 18.2 Å². The smallest absolute Gasteiger partial charge is 0.223 e. The van der Waals surface area contributed by atoms with Gasteiger partial charge in [0.2, 0.25) is 5.95 Å². The number of nitrogens with one attached hydrogen (secondary N) is 1. The lowest BCUT2D eigenvalue weighted by Gasteiger charge is -2.19. The minimum atomic E-state index is 0.0380. The van der Waals surface area contributed by atoms with Gasteiger partial charge >= 0.3 is 0 Å². The summed E-state index contributed by atoms with van der Waals surface area (Å²) in [5.41, 5.74) is 2.80. The third-order valence-electron chi connectivity index (χ3n) is 3.81. The van der Waals surface area contributed by atoms with E-state index >= 15 is 0 Å². The number of rotatable bonds is 4. The van der Waals surface area contributed by atoms with E-state index < -0.39 is 0 Å². The van der Waals surface area contributed by atoms with Crippen molar-refractivity contribution in [2.24, 2.45) is 4.99 Å². The number of aryl methyl sites for hydroxylation is 1. The van der Waals surface area contributed by atoms with Gasteiger partial charge < -0.3 is 10.1 Å². The fourth-order valence-electron chi connectivity index (χ4n) is 2.42. The quantitative estimate of drug-likeness (QED) is 0.857. The number of nitrogens with zero attached hydrogens (tertiary/aromatic N) is 3. The maximum atomic E-state index is 6.07. The molecular weight excluding hydrogens is 344 g/mol. The number of ether oxygens (including phenoxy) is 1. The average molecular weight is 363 g/mol. The number of halogens is 1. The molecule has 0 radical (unpaired) electrons. The van der Waals surface area contributed by atoms with E-state index in [0.29, 0.717) is 17.6 Å². The summed E-state index contributed by atoms with van der Waals surface area (Å²) in [6.07, 6.45) is 4.41. The molecule has 1 N–H and O–H groups in total. The van der Waals surface area contributed by atoms with Crippen molar-refractivity contribution in [1.82, 2.24) is 9.97 Å². The standard InChI is InChI=1S/C17H19ClN4OS/c1-4-13-12(18)8-19-17(22-13)20-10(2)11-5-6-15-14(7-11)21-16(24-3)9-23-15/h5-8,10H,4,9H2,1-3H3,(H,19,20,22). The summed E-state index contributed by atoms with van der Waals surface area (Å²) >= 11 is 7.68. The Labute approximate surface area is 150 Å². The van der Waals surface area contributed by atoms with Gasteiger partial charge in [0, 0.05) is 0 Å². The van der Waals surface area contributed by atoms with Crippen molar-refractivity contribution in [1.29, 1.82) is 0 Å². The summed E-state index contributed by atoms with van der Waals surface area (Å²) in [6.45, 7) is 4.63. The van der Waals surface area contributed by atoms with E-state index in [9.17, 15) is 0 Å². The second-order valence-electron chi connectivity index (χ2n) is 5.43. The van der Waals surface area contributed by atoms with Gasteiger partial charge in [-0.2, -0.15) is 0 Å². The maximum Gasteiger partial charge on any atom is 0.223 e. The number of hydrogen-bond donors (Lipinski definition) is 1. The highest BCUT2D eigenvalue weighted by atomic mass is 35.5. The molecule has 0 saturated heterocycles. The minimum Gasteiger partial charge on any atom is -0.484 e. The van der Waals surface area contributed by atoms with Crippen LogP contribution in [0, 0.1) is 0 Å². The normalized spacial score (nSPS) is 14.4. The lowest BCUT2D eigenvalue weighted by Crippen LogP contribution is -2.13. The van der Waals surface area contributed by atoms with Crippen LogP contribution in [0.5, 0.6) is 5.75 Å². The molecule has 1 atom stereocenters. The van der Waals surface area contributed by atoms with Crippen LogP contribution in [0.2, 0.25) is 5.02 Å². The summed E-state index contributed by atoms with van der Waals surface area (Å²) in [4.78, 5) is 13.3. The highest BCUT2D eigenvalue weighted by Gasteiger charge is 2.16. The maximum absolute atomic E-state index is 6.07. The van der Waals surface area contributed by atoms with Gasteiger partial charge in [-0.25, -0.2) is 15.0 Å². The molecule has 3 rings (SSSR count). The summed E-state index contributed by atoms with van der Waals surface area (Å²) in [7, 11) is 0. The number of aliphatic imine (C=N–C) groups is 1. The van der Waals surface area contributed by atoms with Crippen molar-refractivity contribution < 1.29 is 4.74 Å². The van der Waals surface area contributed by atoms with Gasteiger partial charge in [-0.05, 0) is 37.3 Å². The van der Waals surface area contributed by atoms with Gasteiger partial charge in [-0.1, -0.05) is 24.6 Å². The molecular formula is C17H19ClN4OS. The summed E-state index contributed by atoms with van der Waals surface area (Å²) in [6, 6.07) is 6.08. The molecule has 0 saturated carbocycles.